The lowest BCUT2D eigenvalue weighted by Gasteiger charge is -2.18. The zero-order chi connectivity index (χ0) is 15.2. The van der Waals surface area contributed by atoms with E-state index in [9.17, 15) is 8.42 Å². The molecular weight excluding hydrogens is 272 g/mol. The van der Waals surface area contributed by atoms with Gasteiger partial charge in [0.2, 0.25) is 0 Å². The van der Waals surface area contributed by atoms with Gasteiger partial charge >= 0.3 is 0 Å². The fourth-order valence-corrected chi connectivity index (χ4v) is 4.21. The Hall–Kier alpha value is -1.62. The molecule has 0 aliphatic rings. The summed E-state index contributed by atoms with van der Waals surface area (Å²) in [6.45, 7) is 11.5. The lowest BCUT2D eigenvalue weighted by atomic mass is 9.95. The average molecular weight is 292 g/mol. The summed E-state index contributed by atoms with van der Waals surface area (Å²) in [5.41, 5.74) is 5.63. The van der Waals surface area contributed by atoms with Crippen molar-refractivity contribution in [3.05, 3.63) is 45.8 Å². The molecule has 0 saturated heterocycles. The van der Waals surface area contributed by atoms with Gasteiger partial charge in [-0.1, -0.05) is 0 Å². The molecule has 4 nitrogen and oxygen atoms in total. The van der Waals surface area contributed by atoms with Crippen LogP contribution in [0.4, 0.5) is 0 Å². The van der Waals surface area contributed by atoms with E-state index in [4.69, 9.17) is 0 Å². The predicted molar refractivity (Wildman–Crippen MR) is 79.7 cm³/mol. The van der Waals surface area contributed by atoms with Crippen LogP contribution in [0.3, 0.4) is 0 Å². The van der Waals surface area contributed by atoms with Crippen LogP contribution >= 0.6 is 0 Å². The summed E-state index contributed by atoms with van der Waals surface area (Å²) in [5, 5.41) is 3.96. The summed E-state index contributed by atoms with van der Waals surface area (Å²) in [5.74, 6) is 0. The second-order valence-electron chi connectivity index (χ2n) is 5.35. The van der Waals surface area contributed by atoms with Crippen LogP contribution in [0, 0.1) is 41.5 Å². The lowest BCUT2D eigenvalue weighted by molar-refractivity contribution is 0.578. The highest BCUT2D eigenvalue weighted by Gasteiger charge is 2.25. The quantitative estimate of drug-likeness (QED) is 0.855. The zero-order valence-corrected chi connectivity index (χ0v) is 13.6. The van der Waals surface area contributed by atoms with Gasteiger partial charge in [0.25, 0.3) is 10.0 Å². The molecule has 1 aromatic carbocycles. The molecule has 0 radical (unpaired) electrons. The first-order valence-corrected chi connectivity index (χ1v) is 7.95. The molecule has 0 bridgehead atoms. The molecule has 0 aliphatic carbocycles. The van der Waals surface area contributed by atoms with Gasteiger partial charge in [-0.25, -0.2) is 0 Å². The standard InChI is InChI=1S/C15H20N2O2S/c1-9-7-16-17(8-9)20(18,19)15-13(5)11(3)10(2)12(4)14(15)6/h7-8H,1-6H3. The molecule has 0 amide bonds. The number of hydrogen-bond acceptors (Lipinski definition) is 3. The van der Waals surface area contributed by atoms with Gasteiger partial charge in [-0.3, -0.25) is 0 Å². The number of aromatic nitrogens is 2. The Bertz CT molecular complexity index is 757. The van der Waals surface area contributed by atoms with E-state index in [-0.39, 0.29) is 0 Å². The summed E-state index contributed by atoms with van der Waals surface area (Å²) < 4.78 is 26.7. The topological polar surface area (TPSA) is 52.0 Å². The van der Waals surface area contributed by atoms with E-state index in [1.807, 2.05) is 41.5 Å². The highest BCUT2D eigenvalue weighted by molar-refractivity contribution is 7.90. The van der Waals surface area contributed by atoms with E-state index in [2.05, 4.69) is 5.10 Å². The van der Waals surface area contributed by atoms with Crippen molar-refractivity contribution >= 4 is 10.0 Å². The molecule has 5 heteroatoms. The number of hydrogen-bond donors (Lipinski definition) is 0. The van der Waals surface area contributed by atoms with Gasteiger partial charge < -0.3 is 0 Å². The molecule has 0 spiro atoms. The molecule has 1 aromatic heterocycles. The summed E-state index contributed by atoms with van der Waals surface area (Å²) in [4.78, 5) is 0.376. The van der Waals surface area contributed by atoms with Crippen molar-refractivity contribution in [2.24, 2.45) is 0 Å². The SMILES string of the molecule is Cc1cnn(S(=O)(=O)c2c(C)c(C)c(C)c(C)c2C)c1. The van der Waals surface area contributed by atoms with Gasteiger partial charge in [0.15, 0.2) is 0 Å². The maximum absolute atomic E-state index is 12.8. The van der Waals surface area contributed by atoms with Crippen molar-refractivity contribution in [1.82, 2.24) is 9.19 Å². The van der Waals surface area contributed by atoms with Crippen molar-refractivity contribution in [3.63, 3.8) is 0 Å². The second-order valence-corrected chi connectivity index (χ2v) is 7.08. The van der Waals surface area contributed by atoms with E-state index >= 15 is 0 Å². The van der Waals surface area contributed by atoms with Gasteiger partial charge in [0.1, 0.15) is 0 Å². The summed E-state index contributed by atoms with van der Waals surface area (Å²) in [7, 11) is -3.64. The smallest absolute Gasteiger partial charge is 0.199 e. The Labute approximate surface area is 120 Å². The van der Waals surface area contributed by atoms with Crippen molar-refractivity contribution in [2.45, 2.75) is 46.4 Å². The monoisotopic (exact) mass is 292 g/mol. The minimum atomic E-state index is -3.64. The van der Waals surface area contributed by atoms with E-state index in [1.54, 1.807) is 12.4 Å². The van der Waals surface area contributed by atoms with E-state index < -0.39 is 10.0 Å². The highest BCUT2D eigenvalue weighted by atomic mass is 32.2. The minimum Gasteiger partial charge on any atom is -0.199 e. The second kappa shape index (κ2) is 4.74. The van der Waals surface area contributed by atoms with Crippen molar-refractivity contribution in [2.75, 3.05) is 0 Å². The first-order chi connectivity index (χ1) is 9.17. The third-order valence-corrected chi connectivity index (χ3v) is 5.95. The number of rotatable bonds is 2. The van der Waals surface area contributed by atoms with Crippen LogP contribution in [0.25, 0.3) is 0 Å². The van der Waals surface area contributed by atoms with Crippen LogP contribution in [0.15, 0.2) is 17.3 Å². The van der Waals surface area contributed by atoms with Crippen LogP contribution in [0.1, 0.15) is 33.4 Å². The van der Waals surface area contributed by atoms with Crippen molar-refractivity contribution in [3.8, 4) is 0 Å². The molecule has 0 atom stereocenters. The molecule has 108 valence electrons. The molecule has 0 saturated carbocycles. The van der Waals surface area contributed by atoms with Gasteiger partial charge in [-0.15, -0.1) is 0 Å². The normalized spacial score (nSPS) is 11.9. The Morgan fingerprint density at radius 3 is 1.70 bits per heavy atom. The van der Waals surface area contributed by atoms with Crippen LogP contribution in [0.2, 0.25) is 0 Å². The molecule has 2 aromatic rings. The maximum atomic E-state index is 12.8. The fraction of sp³-hybridized carbons (Fsp3) is 0.400. The van der Waals surface area contributed by atoms with Gasteiger partial charge in [0.05, 0.1) is 11.1 Å². The van der Waals surface area contributed by atoms with E-state index in [1.165, 1.54) is 0 Å². The molecule has 20 heavy (non-hydrogen) atoms. The minimum absolute atomic E-state index is 0.376. The molecule has 1 heterocycles. The summed E-state index contributed by atoms with van der Waals surface area (Å²) in [6, 6.07) is 0. The molecule has 0 N–H and O–H groups in total. The first kappa shape index (κ1) is 14.8. The Morgan fingerprint density at radius 1 is 0.850 bits per heavy atom. The van der Waals surface area contributed by atoms with Crippen LogP contribution in [-0.2, 0) is 10.0 Å². The van der Waals surface area contributed by atoms with Crippen molar-refractivity contribution in [1.29, 1.82) is 0 Å². The Kier molecular flexibility index (Phi) is 3.50. The summed E-state index contributed by atoms with van der Waals surface area (Å²) >= 11 is 0. The van der Waals surface area contributed by atoms with Gasteiger partial charge in [0, 0.05) is 6.20 Å². The van der Waals surface area contributed by atoms with Crippen LogP contribution in [-0.4, -0.2) is 17.6 Å². The highest BCUT2D eigenvalue weighted by Crippen LogP contribution is 2.30. The lowest BCUT2D eigenvalue weighted by Crippen LogP contribution is -2.18. The molecule has 0 aliphatic heterocycles. The van der Waals surface area contributed by atoms with E-state index in [0.29, 0.717) is 4.90 Å². The first-order valence-electron chi connectivity index (χ1n) is 6.51. The average Bonchev–Trinajstić information content (AvgIpc) is 2.81. The Balaban J connectivity index is 2.83. The maximum Gasteiger partial charge on any atom is 0.283 e. The van der Waals surface area contributed by atoms with E-state index in [0.717, 1.165) is 37.5 Å². The van der Waals surface area contributed by atoms with Gasteiger partial charge in [-0.05, 0) is 74.9 Å². The number of benzene rings is 1. The van der Waals surface area contributed by atoms with Crippen molar-refractivity contribution < 1.29 is 8.42 Å². The zero-order valence-electron chi connectivity index (χ0n) is 12.8. The predicted octanol–water partition coefficient (Wildman–Crippen LogP) is 2.97. The Morgan fingerprint density at radius 2 is 1.30 bits per heavy atom. The number of nitrogens with zero attached hydrogens (tertiary/aromatic N) is 2. The molecule has 0 fully saturated rings. The molecular formula is C15H20N2O2S. The third-order valence-electron chi connectivity index (χ3n) is 4.12. The van der Waals surface area contributed by atoms with Crippen LogP contribution in [0.5, 0.6) is 0 Å². The fourth-order valence-electron chi connectivity index (χ4n) is 2.47. The molecule has 2 rings (SSSR count). The van der Waals surface area contributed by atoms with Crippen LogP contribution < -0.4 is 0 Å². The summed E-state index contributed by atoms with van der Waals surface area (Å²) in [6.07, 6.45) is 3.09. The van der Waals surface area contributed by atoms with Gasteiger partial charge in [-0.2, -0.15) is 17.6 Å². The largest absolute Gasteiger partial charge is 0.283 e. The molecule has 0 unspecified atom stereocenters. The third kappa shape index (κ3) is 2.06. The number of aryl methyl sites for hydroxylation is 1.